The minimum absolute atomic E-state index is 0.136. The SMILES string of the molecule is C=C(C(=O)OCC)C(O)Cl. The first-order valence-electron chi connectivity index (χ1n) is 2.77. The van der Waals surface area contributed by atoms with Gasteiger partial charge in [-0.2, -0.15) is 0 Å². The van der Waals surface area contributed by atoms with E-state index in [1.54, 1.807) is 6.92 Å². The maximum Gasteiger partial charge on any atom is 0.337 e. The molecule has 1 unspecified atom stereocenters. The Bertz CT molecular complexity index is 142. The van der Waals surface area contributed by atoms with Crippen molar-refractivity contribution in [2.24, 2.45) is 0 Å². The first-order chi connectivity index (χ1) is 4.59. The molecule has 0 aliphatic heterocycles. The molecular weight excluding hydrogens is 156 g/mol. The van der Waals surface area contributed by atoms with Crippen LogP contribution < -0.4 is 0 Å². The third-order valence-corrected chi connectivity index (χ3v) is 1.09. The van der Waals surface area contributed by atoms with Crippen molar-refractivity contribution in [1.82, 2.24) is 0 Å². The van der Waals surface area contributed by atoms with Crippen LogP contribution in [0.4, 0.5) is 0 Å². The maximum absolute atomic E-state index is 10.6. The number of rotatable bonds is 3. The zero-order valence-corrected chi connectivity index (χ0v) is 6.39. The molecular formula is C6H9ClO3. The van der Waals surface area contributed by atoms with E-state index >= 15 is 0 Å². The Labute approximate surface area is 64.2 Å². The van der Waals surface area contributed by atoms with Crippen LogP contribution in [0.3, 0.4) is 0 Å². The molecule has 0 aromatic heterocycles. The van der Waals surface area contributed by atoms with Crippen molar-refractivity contribution in [2.45, 2.75) is 12.5 Å². The summed E-state index contributed by atoms with van der Waals surface area (Å²) in [6, 6.07) is 0. The van der Waals surface area contributed by atoms with Crippen LogP contribution in [0.5, 0.6) is 0 Å². The van der Waals surface area contributed by atoms with Crippen molar-refractivity contribution in [2.75, 3.05) is 6.61 Å². The number of aliphatic hydroxyl groups excluding tert-OH is 1. The van der Waals surface area contributed by atoms with Gasteiger partial charge in [0.1, 0.15) is 0 Å². The van der Waals surface area contributed by atoms with E-state index in [2.05, 4.69) is 11.3 Å². The van der Waals surface area contributed by atoms with Gasteiger partial charge in [0.05, 0.1) is 12.2 Å². The summed E-state index contributed by atoms with van der Waals surface area (Å²) in [6.07, 6.45) is 0. The highest BCUT2D eigenvalue weighted by atomic mass is 35.5. The summed E-state index contributed by atoms with van der Waals surface area (Å²) in [5, 5.41) is 8.58. The number of alkyl halides is 1. The number of ether oxygens (including phenoxy) is 1. The molecule has 1 atom stereocenters. The first kappa shape index (κ1) is 9.46. The molecule has 58 valence electrons. The Kier molecular flexibility index (Phi) is 4.07. The number of carbonyl (C=O) groups is 1. The lowest BCUT2D eigenvalue weighted by molar-refractivity contribution is -0.139. The van der Waals surface area contributed by atoms with Crippen molar-refractivity contribution in [3.05, 3.63) is 12.2 Å². The van der Waals surface area contributed by atoms with E-state index < -0.39 is 11.5 Å². The van der Waals surface area contributed by atoms with Gasteiger partial charge in [-0.05, 0) is 6.92 Å². The van der Waals surface area contributed by atoms with Gasteiger partial charge in [0.25, 0.3) is 0 Å². The lowest BCUT2D eigenvalue weighted by Gasteiger charge is -2.04. The summed E-state index contributed by atoms with van der Waals surface area (Å²) in [6.45, 7) is 5.13. The Hall–Kier alpha value is -0.540. The molecule has 4 heteroatoms. The van der Waals surface area contributed by atoms with Crippen molar-refractivity contribution in [3.63, 3.8) is 0 Å². The van der Waals surface area contributed by atoms with Gasteiger partial charge in [-0.25, -0.2) is 4.79 Å². The van der Waals surface area contributed by atoms with Crippen LogP contribution in [0.2, 0.25) is 0 Å². The molecule has 0 aromatic rings. The quantitative estimate of drug-likeness (QED) is 0.379. The van der Waals surface area contributed by atoms with Crippen molar-refractivity contribution >= 4 is 17.6 Å². The highest BCUT2D eigenvalue weighted by molar-refractivity contribution is 6.23. The van der Waals surface area contributed by atoms with E-state index in [1.807, 2.05) is 0 Å². The van der Waals surface area contributed by atoms with E-state index in [4.69, 9.17) is 16.7 Å². The molecule has 0 radical (unpaired) electrons. The van der Waals surface area contributed by atoms with Crippen LogP contribution in [0, 0.1) is 0 Å². The van der Waals surface area contributed by atoms with Crippen LogP contribution >= 0.6 is 11.6 Å². The van der Waals surface area contributed by atoms with Crippen molar-refractivity contribution < 1.29 is 14.6 Å². The van der Waals surface area contributed by atoms with Gasteiger partial charge in [0, 0.05) is 0 Å². The normalized spacial score (nSPS) is 12.3. The average molecular weight is 165 g/mol. The van der Waals surface area contributed by atoms with Crippen LogP contribution in [-0.2, 0) is 9.53 Å². The Morgan fingerprint density at radius 2 is 2.40 bits per heavy atom. The fourth-order valence-corrected chi connectivity index (χ4v) is 0.410. The second-order valence-corrected chi connectivity index (χ2v) is 1.99. The summed E-state index contributed by atoms with van der Waals surface area (Å²) in [4.78, 5) is 10.6. The molecule has 1 N–H and O–H groups in total. The summed E-state index contributed by atoms with van der Waals surface area (Å²) in [5.74, 6) is -0.662. The predicted octanol–water partition coefficient (Wildman–Crippen LogP) is 0.663. The number of carbonyl (C=O) groups excluding carboxylic acids is 1. The van der Waals surface area contributed by atoms with Crippen LogP contribution in [-0.4, -0.2) is 23.2 Å². The molecule has 0 aliphatic rings. The fourth-order valence-electron chi connectivity index (χ4n) is 0.321. The average Bonchev–Trinajstić information content (AvgIpc) is 1.87. The molecule has 0 bridgehead atoms. The van der Waals surface area contributed by atoms with Gasteiger partial charge < -0.3 is 9.84 Å². The van der Waals surface area contributed by atoms with E-state index in [0.717, 1.165) is 0 Å². The summed E-state index contributed by atoms with van der Waals surface area (Å²) >= 11 is 5.11. The second kappa shape index (κ2) is 4.30. The molecule has 10 heavy (non-hydrogen) atoms. The third-order valence-electron chi connectivity index (χ3n) is 0.825. The number of aliphatic hydroxyl groups is 1. The number of esters is 1. The molecule has 3 nitrogen and oxygen atoms in total. The second-order valence-electron chi connectivity index (χ2n) is 1.58. The van der Waals surface area contributed by atoms with Crippen LogP contribution in [0.25, 0.3) is 0 Å². The van der Waals surface area contributed by atoms with E-state index in [1.165, 1.54) is 0 Å². The highest BCUT2D eigenvalue weighted by Gasteiger charge is 2.13. The lowest BCUT2D eigenvalue weighted by atomic mass is 10.3. The van der Waals surface area contributed by atoms with Gasteiger partial charge >= 0.3 is 5.97 Å². The van der Waals surface area contributed by atoms with Gasteiger partial charge in [-0.3, -0.25) is 0 Å². The topological polar surface area (TPSA) is 46.5 Å². The Morgan fingerprint density at radius 3 is 2.70 bits per heavy atom. The van der Waals surface area contributed by atoms with Crippen molar-refractivity contribution in [3.8, 4) is 0 Å². The zero-order valence-electron chi connectivity index (χ0n) is 5.63. The third kappa shape index (κ3) is 2.85. The van der Waals surface area contributed by atoms with E-state index in [-0.39, 0.29) is 12.2 Å². The van der Waals surface area contributed by atoms with Gasteiger partial charge in [0.15, 0.2) is 5.56 Å². The number of hydrogen-bond donors (Lipinski definition) is 1. The molecule has 0 rings (SSSR count). The smallest absolute Gasteiger partial charge is 0.337 e. The zero-order chi connectivity index (χ0) is 8.15. The predicted molar refractivity (Wildman–Crippen MR) is 37.6 cm³/mol. The Morgan fingerprint density at radius 1 is 1.90 bits per heavy atom. The minimum atomic E-state index is -1.35. The monoisotopic (exact) mass is 164 g/mol. The molecule has 0 amide bonds. The molecule has 0 saturated heterocycles. The highest BCUT2D eigenvalue weighted by Crippen LogP contribution is 2.05. The Balaban J connectivity index is 3.83. The molecule has 0 saturated carbocycles. The fraction of sp³-hybridized carbons (Fsp3) is 0.500. The summed E-state index contributed by atoms with van der Waals surface area (Å²) in [5.41, 5.74) is -1.48. The molecule has 0 aromatic carbocycles. The molecule has 0 fully saturated rings. The lowest BCUT2D eigenvalue weighted by Crippen LogP contribution is -2.14. The summed E-state index contributed by atoms with van der Waals surface area (Å²) in [7, 11) is 0. The van der Waals surface area contributed by atoms with Gasteiger partial charge in [0.2, 0.25) is 0 Å². The van der Waals surface area contributed by atoms with Crippen LogP contribution in [0.1, 0.15) is 6.92 Å². The standard InChI is InChI=1S/C6H9ClO3/c1-3-10-6(9)4(2)5(7)8/h5,8H,2-3H2,1H3. The molecule has 0 heterocycles. The maximum atomic E-state index is 10.6. The minimum Gasteiger partial charge on any atom is -0.463 e. The van der Waals surface area contributed by atoms with Crippen molar-refractivity contribution in [1.29, 1.82) is 0 Å². The van der Waals surface area contributed by atoms with E-state index in [9.17, 15) is 4.79 Å². The molecule has 0 spiro atoms. The van der Waals surface area contributed by atoms with Gasteiger partial charge in [-0.15, -0.1) is 0 Å². The van der Waals surface area contributed by atoms with Gasteiger partial charge in [-0.1, -0.05) is 18.2 Å². The number of hydrogen-bond acceptors (Lipinski definition) is 3. The largest absolute Gasteiger partial charge is 0.463 e. The summed E-state index contributed by atoms with van der Waals surface area (Å²) < 4.78 is 4.48. The van der Waals surface area contributed by atoms with Crippen LogP contribution in [0.15, 0.2) is 12.2 Å². The number of halogens is 1. The first-order valence-corrected chi connectivity index (χ1v) is 3.21. The molecule has 0 aliphatic carbocycles. The van der Waals surface area contributed by atoms with E-state index in [0.29, 0.717) is 0 Å².